The van der Waals surface area contributed by atoms with E-state index in [9.17, 15) is 12.9 Å². The standard InChI is InChI=1S/C10H7BF3O.K/c12-11(13,14)5-3-8-1-2-9-4-6-15-10(9)7-8;/h1-7H;/q-1;+1/b5-3+;. The average Bonchev–Trinajstić information content (AvgIpc) is 2.60. The molecule has 0 saturated heterocycles. The van der Waals surface area contributed by atoms with Gasteiger partial charge in [0.05, 0.1) is 6.26 Å². The first-order valence-corrected chi connectivity index (χ1v) is 4.41. The molecular formula is C10H7BF3KO. The van der Waals surface area contributed by atoms with Crippen LogP contribution in [-0.4, -0.2) is 6.98 Å². The zero-order chi connectivity index (χ0) is 10.9. The number of fused-ring (bicyclic) bond motifs is 1. The van der Waals surface area contributed by atoms with Gasteiger partial charge in [0.25, 0.3) is 0 Å². The van der Waals surface area contributed by atoms with Crippen molar-refractivity contribution >= 4 is 24.0 Å². The molecule has 6 heteroatoms. The van der Waals surface area contributed by atoms with Crippen LogP contribution < -0.4 is 51.4 Å². The Labute approximate surface area is 133 Å². The number of hydrogen-bond donors (Lipinski definition) is 0. The van der Waals surface area contributed by atoms with Crippen molar-refractivity contribution in [3.05, 3.63) is 42.1 Å². The van der Waals surface area contributed by atoms with Crippen LogP contribution in [0.3, 0.4) is 0 Å². The van der Waals surface area contributed by atoms with Crippen molar-refractivity contribution in [2.45, 2.75) is 0 Å². The SMILES string of the molecule is F[B-](F)(F)/C=C/c1ccc2ccoc2c1.[K+]. The van der Waals surface area contributed by atoms with E-state index in [0.717, 1.165) is 11.5 Å². The van der Waals surface area contributed by atoms with Crippen LogP contribution in [0, 0.1) is 0 Å². The quantitative estimate of drug-likeness (QED) is 0.720. The Balaban J connectivity index is 0.00000128. The van der Waals surface area contributed by atoms with Crippen LogP contribution in [0.1, 0.15) is 5.56 Å². The molecule has 0 aliphatic rings. The zero-order valence-corrected chi connectivity index (χ0v) is 11.8. The molecule has 0 N–H and O–H groups in total. The van der Waals surface area contributed by atoms with Crippen molar-refractivity contribution in [2.24, 2.45) is 0 Å². The zero-order valence-electron chi connectivity index (χ0n) is 8.66. The summed E-state index contributed by atoms with van der Waals surface area (Å²) in [5.41, 5.74) is 1.07. The molecule has 1 heterocycles. The molecule has 0 aliphatic carbocycles. The van der Waals surface area contributed by atoms with E-state index in [2.05, 4.69) is 0 Å². The number of hydrogen-bond acceptors (Lipinski definition) is 1. The topological polar surface area (TPSA) is 13.1 Å². The second kappa shape index (κ2) is 5.55. The van der Waals surface area contributed by atoms with Crippen LogP contribution in [0.2, 0.25) is 0 Å². The van der Waals surface area contributed by atoms with E-state index >= 15 is 0 Å². The van der Waals surface area contributed by atoms with Gasteiger partial charge in [-0.2, -0.15) is 0 Å². The molecule has 0 radical (unpaired) electrons. The Hall–Kier alpha value is -0.00870. The fraction of sp³-hybridized carbons (Fsp3) is 0. The first-order chi connectivity index (χ1) is 7.04. The van der Waals surface area contributed by atoms with Gasteiger partial charge in [0, 0.05) is 5.39 Å². The Morgan fingerprint density at radius 1 is 1.12 bits per heavy atom. The minimum absolute atomic E-state index is 0. The van der Waals surface area contributed by atoms with Gasteiger partial charge < -0.3 is 17.4 Å². The fourth-order valence-electron chi connectivity index (χ4n) is 1.30. The molecule has 1 aromatic carbocycles. The predicted octanol–water partition coefficient (Wildman–Crippen LogP) is 0.837. The van der Waals surface area contributed by atoms with E-state index in [-0.39, 0.29) is 57.4 Å². The number of benzene rings is 1. The molecule has 2 aromatic rings. The van der Waals surface area contributed by atoms with Crippen molar-refractivity contribution in [1.29, 1.82) is 0 Å². The summed E-state index contributed by atoms with van der Waals surface area (Å²) in [4.78, 5) is 0. The maximum atomic E-state index is 11.9. The van der Waals surface area contributed by atoms with E-state index < -0.39 is 6.98 Å². The van der Waals surface area contributed by atoms with Crippen molar-refractivity contribution in [3.8, 4) is 0 Å². The van der Waals surface area contributed by atoms with Crippen LogP contribution in [0.25, 0.3) is 17.0 Å². The average molecular weight is 250 g/mol. The first-order valence-electron chi connectivity index (χ1n) is 4.41. The van der Waals surface area contributed by atoms with Gasteiger partial charge in [0.15, 0.2) is 0 Å². The van der Waals surface area contributed by atoms with Crippen LogP contribution in [0.5, 0.6) is 0 Å². The van der Waals surface area contributed by atoms with Crippen LogP contribution in [0.15, 0.2) is 40.9 Å². The van der Waals surface area contributed by atoms with Crippen molar-refractivity contribution in [3.63, 3.8) is 0 Å². The summed E-state index contributed by atoms with van der Waals surface area (Å²) in [6.07, 6.45) is 2.55. The fourth-order valence-corrected chi connectivity index (χ4v) is 1.30. The predicted molar refractivity (Wildman–Crippen MR) is 54.3 cm³/mol. The van der Waals surface area contributed by atoms with Gasteiger partial charge in [-0.25, -0.2) is 0 Å². The molecule has 16 heavy (non-hydrogen) atoms. The second-order valence-corrected chi connectivity index (χ2v) is 3.20. The van der Waals surface area contributed by atoms with Gasteiger partial charge in [-0.1, -0.05) is 18.2 Å². The maximum absolute atomic E-state index is 11.9. The van der Waals surface area contributed by atoms with Crippen LogP contribution in [-0.2, 0) is 0 Å². The van der Waals surface area contributed by atoms with Gasteiger partial charge in [0.2, 0.25) is 0 Å². The summed E-state index contributed by atoms with van der Waals surface area (Å²) in [7, 11) is 0. The number of rotatable bonds is 2. The third kappa shape index (κ3) is 3.78. The Bertz CT molecular complexity index is 504. The summed E-state index contributed by atoms with van der Waals surface area (Å²) in [5, 5.41) is 0.879. The monoisotopic (exact) mass is 250 g/mol. The minimum atomic E-state index is -4.87. The molecule has 0 aliphatic heterocycles. The molecule has 2 rings (SSSR count). The first kappa shape index (κ1) is 14.1. The summed E-state index contributed by atoms with van der Waals surface area (Å²) >= 11 is 0. The van der Waals surface area contributed by atoms with Gasteiger partial charge in [0.1, 0.15) is 5.58 Å². The molecule has 0 saturated carbocycles. The number of furan rings is 1. The Kier molecular flexibility index (Phi) is 4.88. The van der Waals surface area contributed by atoms with E-state index in [1.54, 1.807) is 24.3 Å². The molecule has 0 fully saturated rings. The molecule has 0 spiro atoms. The van der Waals surface area contributed by atoms with E-state index in [1.807, 2.05) is 0 Å². The van der Waals surface area contributed by atoms with Crippen molar-refractivity contribution < 1.29 is 68.7 Å². The van der Waals surface area contributed by atoms with E-state index in [1.165, 1.54) is 6.26 Å². The van der Waals surface area contributed by atoms with Crippen molar-refractivity contribution in [2.75, 3.05) is 0 Å². The summed E-state index contributed by atoms with van der Waals surface area (Å²) < 4.78 is 40.9. The summed E-state index contributed by atoms with van der Waals surface area (Å²) in [5.74, 6) is 0.268. The third-order valence-electron chi connectivity index (χ3n) is 1.99. The largest absolute Gasteiger partial charge is 1.00 e. The molecule has 0 atom stereocenters. The summed E-state index contributed by atoms with van der Waals surface area (Å²) in [6, 6.07) is 6.68. The van der Waals surface area contributed by atoms with Gasteiger partial charge >= 0.3 is 58.4 Å². The molecule has 0 bridgehead atoms. The van der Waals surface area contributed by atoms with Gasteiger partial charge in [-0.05, 0) is 17.7 Å². The summed E-state index contributed by atoms with van der Waals surface area (Å²) in [6.45, 7) is -4.87. The normalized spacial score (nSPS) is 11.9. The Morgan fingerprint density at radius 2 is 1.88 bits per heavy atom. The maximum Gasteiger partial charge on any atom is 1.00 e. The Morgan fingerprint density at radius 3 is 2.56 bits per heavy atom. The third-order valence-corrected chi connectivity index (χ3v) is 1.99. The van der Waals surface area contributed by atoms with E-state index in [4.69, 9.17) is 4.42 Å². The van der Waals surface area contributed by atoms with Crippen molar-refractivity contribution in [1.82, 2.24) is 0 Å². The molecule has 78 valence electrons. The second-order valence-electron chi connectivity index (χ2n) is 3.20. The minimum Gasteiger partial charge on any atom is -0.464 e. The van der Waals surface area contributed by atoms with Crippen LogP contribution in [0.4, 0.5) is 12.9 Å². The molecule has 0 unspecified atom stereocenters. The molecular weight excluding hydrogens is 243 g/mol. The van der Waals surface area contributed by atoms with Crippen LogP contribution >= 0.6 is 0 Å². The molecule has 1 aromatic heterocycles. The molecule has 1 nitrogen and oxygen atoms in total. The van der Waals surface area contributed by atoms with Gasteiger partial charge in [-0.3, -0.25) is 0 Å². The smallest absolute Gasteiger partial charge is 0.464 e. The number of halogens is 3. The molecule has 0 amide bonds. The van der Waals surface area contributed by atoms with Gasteiger partial charge in [-0.15, -0.1) is 5.98 Å². The van der Waals surface area contributed by atoms with E-state index in [0.29, 0.717) is 11.1 Å².